The van der Waals surface area contributed by atoms with Crippen LogP contribution < -0.4 is 47.0 Å². The Morgan fingerprint density at radius 3 is 2.29 bits per heavy atom. The van der Waals surface area contributed by atoms with E-state index < -0.39 is 20.9 Å². The van der Waals surface area contributed by atoms with Crippen molar-refractivity contribution in [1.29, 1.82) is 0 Å². The minimum atomic E-state index is -3.85. The van der Waals surface area contributed by atoms with Crippen LogP contribution in [0.4, 0.5) is 0 Å². The molecule has 0 aliphatic carbocycles. The number of hydrogen-bond donors (Lipinski definition) is 4. The van der Waals surface area contributed by atoms with Crippen molar-refractivity contribution < 1.29 is 48.8 Å². The molecule has 8 N–H and O–H groups in total. The molecule has 8 nitrogen and oxygen atoms in total. The molecule has 11 heteroatoms. The average Bonchev–Trinajstić information content (AvgIpc) is 3.22. The number of amides is 1. The zero-order valence-corrected chi connectivity index (χ0v) is 21.1. The van der Waals surface area contributed by atoms with Crippen LogP contribution in [0.1, 0.15) is 42.4 Å². The van der Waals surface area contributed by atoms with Gasteiger partial charge in [-0.2, -0.15) is 4.31 Å². The minimum Gasteiger partial charge on any atom is -1.00 e. The molecule has 0 aromatic heterocycles. The Morgan fingerprint density at radius 2 is 1.68 bits per heavy atom. The molecule has 0 bridgehead atoms. The van der Waals surface area contributed by atoms with Gasteiger partial charge >= 0.3 is 5.91 Å². The molecule has 2 saturated heterocycles. The summed E-state index contributed by atoms with van der Waals surface area (Å²) < 4.78 is 28.7. The molecule has 2 fully saturated rings. The summed E-state index contributed by atoms with van der Waals surface area (Å²) in [4.78, 5) is 11.7. The summed E-state index contributed by atoms with van der Waals surface area (Å²) in [5.41, 5.74) is 14.6. The minimum absolute atomic E-state index is 0. The number of carbonyl (C=O) groups excluding carboxylic acids is 1. The summed E-state index contributed by atoms with van der Waals surface area (Å²) >= 11 is 0. The molecule has 2 aromatic rings. The molecule has 3 atom stereocenters. The molecule has 0 saturated carbocycles. The van der Waals surface area contributed by atoms with Crippen LogP contribution in [0.15, 0.2) is 54.6 Å². The zero-order valence-electron chi connectivity index (χ0n) is 18.7. The summed E-state index contributed by atoms with van der Waals surface area (Å²) in [6.45, 7) is 0.413. The van der Waals surface area contributed by atoms with Gasteiger partial charge in [0.2, 0.25) is 10.0 Å². The summed E-state index contributed by atoms with van der Waals surface area (Å²) in [5.74, 6) is 0.0682. The van der Waals surface area contributed by atoms with Gasteiger partial charge in [-0.25, -0.2) is 13.2 Å². The van der Waals surface area contributed by atoms with Crippen molar-refractivity contribution >= 4 is 21.8 Å². The molecule has 2 aliphatic rings. The van der Waals surface area contributed by atoms with E-state index in [0.717, 1.165) is 16.7 Å². The third-order valence-electron chi connectivity index (χ3n) is 6.63. The van der Waals surface area contributed by atoms with E-state index in [9.17, 15) is 13.2 Å². The number of halogens is 2. The molecule has 4 rings (SSSR count). The van der Waals surface area contributed by atoms with Crippen molar-refractivity contribution in [2.75, 3.05) is 0 Å². The molecule has 34 heavy (non-hydrogen) atoms. The van der Waals surface area contributed by atoms with Crippen LogP contribution in [-0.4, -0.2) is 41.4 Å². The van der Waals surface area contributed by atoms with Crippen molar-refractivity contribution in [3.8, 4) is 0 Å². The van der Waals surface area contributed by atoms with Crippen LogP contribution in [0.3, 0.4) is 0 Å². The average molecular weight is 529 g/mol. The van der Waals surface area contributed by atoms with Crippen molar-refractivity contribution in [3.63, 3.8) is 0 Å². The standard InChI is InChI=1S/C23H29N5O3S.2ClH/c24-21(25)18-8-6-17(7-9-18)15-27-22(29)20-11-10-19-12-13-23(26,32(30,31)28(19)20)14-16-4-2-1-3-5-16;;/h1-9,19-20H,10-15,26H2,(H3,24,25)(H,27,29);2*1H/t19-,20-,23-;;/m0../s1. The summed E-state index contributed by atoms with van der Waals surface area (Å²) in [6, 6.07) is 15.9. The Labute approximate surface area is 212 Å². The maximum absolute atomic E-state index is 13.6. The van der Waals surface area contributed by atoms with Gasteiger partial charge in [-0.1, -0.05) is 42.5 Å². The van der Waals surface area contributed by atoms with Crippen LogP contribution in [0.2, 0.25) is 0 Å². The van der Waals surface area contributed by atoms with Crippen molar-refractivity contribution in [2.45, 2.75) is 55.6 Å². The van der Waals surface area contributed by atoms with Gasteiger partial charge in [0.1, 0.15) is 17.5 Å². The van der Waals surface area contributed by atoms with E-state index in [-0.39, 0.29) is 49.0 Å². The fourth-order valence-corrected chi connectivity index (χ4v) is 7.11. The van der Waals surface area contributed by atoms with Crippen LogP contribution in [0, 0.1) is 0 Å². The number of rotatable bonds is 6. The fourth-order valence-electron chi connectivity index (χ4n) is 4.82. The second-order valence-corrected chi connectivity index (χ2v) is 11.0. The van der Waals surface area contributed by atoms with E-state index in [2.05, 4.69) is 0 Å². The first-order valence-corrected chi connectivity index (χ1v) is 12.4. The number of amidine groups is 1. The predicted octanol–water partition coefficient (Wildman–Crippen LogP) is -7.40. The second-order valence-electron chi connectivity index (χ2n) is 8.81. The van der Waals surface area contributed by atoms with E-state index in [4.69, 9.17) is 16.9 Å². The number of nitrogens with zero attached hydrogens (tertiary/aromatic N) is 1. The third kappa shape index (κ3) is 5.45. The Bertz CT molecular complexity index is 1120. The van der Waals surface area contributed by atoms with Crippen molar-refractivity contribution in [3.05, 3.63) is 71.3 Å². The molecule has 1 amide bonds. The molecular formula is C23H31Cl2N5O3S. The number of quaternary nitrogens is 1. The molecule has 0 unspecified atom stereocenters. The topological polar surface area (TPSA) is 149 Å². The lowest BCUT2D eigenvalue weighted by molar-refractivity contribution is -0.586. The Morgan fingerprint density at radius 1 is 1.03 bits per heavy atom. The highest BCUT2D eigenvalue weighted by atomic mass is 35.5. The predicted molar refractivity (Wildman–Crippen MR) is 121 cm³/mol. The number of sulfonamides is 1. The Hall–Kier alpha value is -2.01. The highest BCUT2D eigenvalue weighted by Crippen LogP contribution is 2.41. The molecule has 2 aromatic carbocycles. The van der Waals surface area contributed by atoms with Gasteiger partial charge in [-0.3, -0.25) is 16.5 Å². The third-order valence-corrected chi connectivity index (χ3v) is 9.12. The van der Waals surface area contributed by atoms with E-state index in [1.165, 1.54) is 4.31 Å². The van der Waals surface area contributed by atoms with Crippen LogP contribution in [0.5, 0.6) is 0 Å². The maximum Gasteiger partial charge on any atom is 0.329 e. The number of carbonyl (C=O) groups is 1. The maximum atomic E-state index is 13.6. The Balaban J connectivity index is 0.00000204. The number of hydrogen-bond acceptors (Lipinski definition) is 4. The second kappa shape index (κ2) is 11.2. The van der Waals surface area contributed by atoms with E-state index in [0.29, 0.717) is 32.2 Å². The zero-order chi connectivity index (χ0) is 22.9. The van der Waals surface area contributed by atoms with E-state index in [1.807, 2.05) is 42.5 Å². The number of fused-ring (bicyclic) bond motifs is 1. The monoisotopic (exact) mass is 527 g/mol. The molecular weight excluding hydrogens is 497 g/mol. The van der Waals surface area contributed by atoms with Crippen molar-refractivity contribution in [1.82, 2.24) is 4.31 Å². The van der Waals surface area contributed by atoms with Crippen LogP contribution in [-0.2, 0) is 27.8 Å². The van der Waals surface area contributed by atoms with Gasteiger partial charge in [0.05, 0.1) is 5.56 Å². The SMILES string of the molecule is NC(=[NH2+])c1ccc(C[NH2+]C(=O)[C@@H]2CC[C@H]3CC[C@@](N)(Cc4ccccc4)S(=O)(=O)N32)cc1.[Cl-].[Cl-]. The molecule has 2 heterocycles. The summed E-state index contributed by atoms with van der Waals surface area (Å²) in [6.07, 6.45) is 2.51. The van der Waals surface area contributed by atoms with E-state index in [1.54, 1.807) is 17.4 Å². The van der Waals surface area contributed by atoms with E-state index >= 15 is 0 Å². The number of primary amides is 1. The van der Waals surface area contributed by atoms with Crippen molar-refractivity contribution in [2.24, 2.45) is 11.5 Å². The quantitative estimate of drug-likeness (QED) is 0.217. The highest BCUT2D eigenvalue weighted by Gasteiger charge is 2.57. The van der Waals surface area contributed by atoms with Gasteiger partial charge in [0.15, 0.2) is 0 Å². The first kappa shape index (κ1) is 28.2. The van der Waals surface area contributed by atoms with Crippen LogP contribution in [0.25, 0.3) is 0 Å². The molecule has 0 radical (unpaired) electrons. The van der Waals surface area contributed by atoms with Gasteiger partial charge in [0.25, 0.3) is 5.84 Å². The highest BCUT2D eigenvalue weighted by molar-refractivity contribution is 7.90. The molecule has 186 valence electrons. The number of nitrogens with two attached hydrogens (primary N) is 4. The lowest BCUT2D eigenvalue weighted by atomic mass is 9.98. The molecule has 2 aliphatic heterocycles. The largest absolute Gasteiger partial charge is 1.00 e. The van der Waals surface area contributed by atoms with Gasteiger partial charge in [-0.15, -0.1) is 0 Å². The normalized spacial score (nSPS) is 25.4. The lowest BCUT2D eigenvalue weighted by Gasteiger charge is -2.42. The smallest absolute Gasteiger partial charge is 0.329 e. The first-order valence-electron chi connectivity index (χ1n) is 10.9. The summed E-state index contributed by atoms with van der Waals surface area (Å²) in [5, 5.41) is 7.17. The van der Waals surface area contributed by atoms with Gasteiger partial charge in [-0.05, 0) is 43.4 Å². The van der Waals surface area contributed by atoms with Gasteiger partial charge < -0.3 is 30.5 Å². The number of benzene rings is 2. The first-order chi connectivity index (χ1) is 15.2. The summed E-state index contributed by atoms with van der Waals surface area (Å²) in [7, 11) is -3.85. The van der Waals surface area contributed by atoms with Crippen LogP contribution >= 0.6 is 0 Å². The fraction of sp³-hybridized carbons (Fsp3) is 0.391. The Kier molecular flexibility index (Phi) is 9.26. The molecule has 0 spiro atoms. The lowest BCUT2D eigenvalue weighted by Crippen LogP contribution is -3.00. The van der Waals surface area contributed by atoms with Gasteiger partial charge in [0, 0.05) is 18.0 Å².